The Morgan fingerprint density at radius 3 is 2.26 bits per heavy atom. The number of phenolic OH excluding ortho intramolecular Hbond substituents is 1. The van der Waals surface area contributed by atoms with Crippen molar-refractivity contribution in [1.29, 1.82) is 0 Å². The number of fused-ring (bicyclic) bond motifs is 1. The lowest BCUT2D eigenvalue weighted by Crippen LogP contribution is -2.14. The molecule has 0 radical (unpaired) electrons. The average Bonchev–Trinajstić information content (AvgIpc) is 2.77. The molecule has 182 valence electrons. The molecule has 3 aromatic rings. The molecule has 0 spiro atoms. The van der Waals surface area contributed by atoms with Gasteiger partial charge in [0.1, 0.15) is 11.4 Å². The molecule has 1 unspecified atom stereocenters. The van der Waals surface area contributed by atoms with Crippen LogP contribution in [0.2, 0.25) is 0 Å². The molecule has 34 heavy (non-hydrogen) atoms. The van der Waals surface area contributed by atoms with Gasteiger partial charge in [0, 0.05) is 11.5 Å². The Hall–Kier alpha value is -2.99. The fourth-order valence-electron chi connectivity index (χ4n) is 2.86. The van der Waals surface area contributed by atoms with Crippen LogP contribution in [0.15, 0.2) is 68.6 Å². The summed E-state index contributed by atoms with van der Waals surface area (Å²) < 4.78 is 71.5. The molecule has 0 aromatic heterocycles. The lowest BCUT2D eigenvalue weighted by atomic mass is 10.1. The number of phenols is 1. The zero-order valence-corrected chi connectivity index (χ0v) is 19.4. The van der Waals surface area contributed by atoms with Crippen LogP contribution in [0, 0.1) is 0 Å². The topological polar surface area (TPSA) is 215 Å². The van der Waals surface area contributed by atoms with Crippen molar-refractivity contribution in [3.63, 3.8) is 0 Å². The summed E-state index contributed by atoms with van der Waals surface area (Å²) in [7, 11) is -8.33. The van der Waals surface area contributed by atoms with Crippen molar-refractivity contribution >= 4 is 58.9 Å². The summed E-state index contributed by atoms with van der Waals surface area (Å²) >= 11 is -2.15. The van der Waals surface area contributed by atoms with Gasteiger partial charge in [0.25, 0.3) is 10.1 Å². The molecule has 3 rings (SSSR count). The Morgan fingerprint density at radius 1 is 0.971 bits per heavy atom. The van der Waals surface area contributed by atoms with Gasteiger partial charge in [-0.1, -0.05) is 11.1 Å². The fraction of sp³-hybridized carbons (Fsp3) is 0.111. The van der Waals surface area contributed by atoms with E-state index in [9.17, 15) is 30.7 Å². The van der Waals surface area contributed by atoms with Crippen LogP contribution in [0.25, 0.3) is 10.8 Å². The van der Waals surface area contributed by atoms with Gasteiger partial charge in [-0.15, -0.1) is 9.45 Å². The summed E-state index contributed by atoms with van der Waals surface area (Å²) in [6, 6.07) is 10.1. The second kappa shape index (κ2) is 10.1. The Kier molecular flexibility index (Phi) is 7.61. The van der Waals surface area contributed by atoms with Gasteiger partial charge in [-0.2, -0.15) is 13.5 Å². The van der Waals surface area contributed by atoms with Gasteiger partial charge in [-0.25, -0.2) is 17.9 Å². The molecule has 16 heteroatoms. The molecule has 0 fully saturated rings. The van der Waals surface area contributed by atoms with E-state index in [-0.39, 0.29) is 32.7 Å². The first-order valence-electron chi connectivity index (χ1n) is 9.06. The summed E-state index contributed by atoms with van der Waals surface area (Å²) in [4.78, 5) is -0.569. The van der Waals surface area contributed by atoms with Gasteiger partial charge in [0.05, 0.1) is 32.7 Å². The van der Waals surface area contributed by atoms with E-state index in [1.165, 1.54) is 36.4 Å². The molecule has 0 saturated heterocycles. The van der Waals surface area contributed by atoms with Gasteiger partial charge >= 0.3 is 0 Å². The predicted molar refractivity (Wildman–Crippen MR) is 120 cm³/mol. The first-order valence-corrected chi connectivity index (χ1v) is 13.4. The van der Waals surface area contributed by atoms with Gasteiger partial charge < -0.3 is 10.8 Å². The molecular weight excluding hydrogens is 514 g/mol. The highest BCUT2D eigenvalue weighted by atomic mass is 32.2. The number of hydrogen-bond acceptors (Lipinski definition) is 12. The quantitative estimate of drug-likeness (QED) is 0.103. The third kappa shape index (κ3) is 5.92. The van der Waals surface area contributed by atoms with Crippen molar-refractivity contribution in [2.75, 3.05) is 17.2 Å². The number of anilines is 1. The minimum atomic E-state index is -4.53. The zero-order valence-electron chi connectivity index (χ0n) is 16.9. The van der Waals surface area contributed by atoms with Crippen LogP contribution < -0.4 is 5.73 Å². The van der Waals surface area contributed by atoms with Crippen LogP contribution in [0.3, 0.4) is 0 Å². The number of benzene rings is 3. The van der Waals surface area contributed by atoms with Crippen molar-refractivity contribution < 1.29 is 45.3 Å². The molecule has 5 N–H and O–H groups in total. The third-order valence-corrected chi connectivity index (χ3v) is 8.05. The van der Waals surface area contributed by atoms with Crippen LogP contribution in [0.1, 0.15) is 0 Å². The van der Waals surface area contributed by atoms with E-state index in [1.807, 2.05) is 0 Å². The minimum Gasteiger partial charge on any atom is -0.507 e. The minimum absolute atomic E-state index is 0.00177. The smallest absolute Gasteiger partial charge is 0.294 e. The van der Waals surface area contributed by atoms with E-state index in [0.717, 1.165) is 12.1 Å². The Morgan fingerprint density at radius 2 is 1.65 bits per heavy atom. The largest absolute Gasteiger partial charge is 0.507 e. The molecule has 3 aromatic carbocycles. The molecule has 0 amide bonds. The van der Waals surface area contributed by atoms with Crippen LogP contribution in [-0.4, -0.2) is 47.5 Å². The van der Waals surface area contributed by atoms with Gasteiger partial charge in [0.15, 0.2) is 20.9 Å². The number of nitrogens with two attached hydrogens (primary N) is 1. The van der Waals surface area contributed by atoms with Crippen LogP contribution >= 0.6 is 0 Å². The maximum atomic E-state index is 12.3. The predicted octanol–water partition coefficient (Wildman–Crippen LogP) is 2.65. The van der Waals surface area contributed by atoms with Crippen LogP contribution in [-0.2, 0) is 40.4 Å². The number of azo groups is 1. The second-order valence-corrected chi connectivity index (χ2v) is 11.4. The molecule has 0 heterocycles. The van der Waals surface area contributed by atoms with Crippen LogP contribution in [0.4, 0.5) is 17.1 Å². The summed E-state index contributed by atoms with van der Waals surface area (Å²) in [5, 5.41) is 29.8. The average molecular weight is 532 g/mol. The summed E-state index contributed by atoms with van der Waals surface area (Å²) in [6.45, 7) is 0. The standard InChI is InChI=1S/C18H17N3O10S3/c19-18-15(6-1-11-9-14(34(27,28)29)10-16(22)17(11)18)21-20-12-2-4-13(5-3-12)33(25,26)8-7-32(24)31-30-23/h1-6,9-10,22-23H,7-8,19H2,(H,27,28,29). The Balaban J connectivity index is 1.83. The molecule has 0 aliphatic rings. The monoisotopic (exact) mass is 531 g/mol. The van der Waals surface area contributed by atoms with E-state index in [2.05, 4.69) is 19.6 Å². The first-order chi connectivity index (χ1) is 15.9. The molecule has 0 aliphatic carbocycles. The third-order valence-electron chi connectivity index (χ3n) is 4.48. The van der Waals surface area contributed by atoms with Crippen molar-refractivity contribution in [2.45, 2.75) is 9.79 Å². The van der Waals surface area contributed by atoms with Gasteiger partial charge in [-0.05, 0) is 41.8 Å². The van der Waals surface area contributed by atoms with Gasteiger partial charge in [0.2, 0.25) is 0 Å². The van der Waals surface area contributed by atoms with E-state index in [4.69, 9.17) is 11.0 Å². The number of aromatic hydroxyl groups is 1. The summed E-state index contributed by atoms with van der Waals surface area (Å²) in [6.07, 6.45) is 0. The maximum absolute atomic E-state index is 12.3. The number of rotatable bonds is 9. The molecule has 1 atom stereocenters. The summed E-state index contributed by atoms with van der Waals surface area (Å²) in [5.41, 5.74) is 6.46. The van der Waals surface area contributed by atoms with Gasteiger partial charge in [-0.3, -0.25) is 4.55 Å². The lowest BCUT2D eigenvalue weighted by Gasteiger charge is -2.09. The Bertz CT molecular complexity index is 1490. The molecule has 0 bridgehead atoms. The van der Waals surface area contributed by atoms with Crippen molar-refractivity contribution in [1.82, 2.24) is 0 Å². The molecule has 13 nitrogen and oxygen atoms in total. The second-order valence-electron chi connectivity index (χ2n) is 6.68. The highest BCUT2D eigenvalue weighted by Gasteiger charge is 2.18. The number of sulfone groups is 1. The number of nitrogen functional groups attached to an aromatic ring is 1. The maximum Gasteiger partial charge on any atom is 0.294 e. The normalized spacial score (nSPS) is 13.5. The van der Waals surface area contributed by atoms with E-state index in [1.54, 1.807) is 0 Å². The number of hydrogen-bond donors (Lipinski definition) is 4. The van der Waals surface area contributed by atoms with E-state index < -0.39 is 53.2 Å². The van der Waals surface area contributed by atoms with Crippen molar-refractivity contribution in [3.8, 4) is 5.75 Å². The fourth-order valence-corrected chi connectivity index (χ4v) is 5.75. The van der Waals surface area contributed by atoms with E-state index in [0.29, 0.717) is 0 Å². The molecular formula is C18H17N3O10S3. The molecule has 0 saturated carbocycles. The highest BCUT2D eigenvalue weighted by Crippen LogP contribution is 2.38. The molecule has 0 aliphatic heterocycles. The Labute approximate surface area is 195 Å². The van der Waals surface area contributed by atoms with Crippen LogP contribution in [0.5, 0.6) is 5.75 Å². The zero-order chi connectivity index (χ0) is 25.1. The van der Waals surface area contributed by atoms with Crippen molar-refractivity contribution in [2.24, 2.45) is 10.2 Å². The summed E-state index contributed by atoms with van der Waals surface area (Å²) in [5.74, 6) is -1.43. The van der Waals surface area contributed by atoms with E-state index >= 15 is 0 Å². The SMILES string of the molecule is Nc1c(N=Nc2ccc(S(=O)(=O)CCS(=O)OOO)cc2)ccc2cc(S(=O)(=O)O)cc(O)c12. The van der Waals surface area contributed by atoms with Crippen molar-refractivity contribution in [3.05, 3.63) is 48.5 Å². The number of nitrogens with zero attached hydrogens (tertiary/aromatic N) is 2. The lowest BCUT2D eigenvalue weighted by molar-refractivity contribution is -0.434. The highest BCUT2D eigenvalue weighted by molar-refractivity contribution is 7.92. The first kappa shape index (κ1) is 25.6.